The molecule has 3 rings (SSSR count). The van der Waals surface area contributed by atoms with Gasteiger partial charge in [0, 0.05) is 30.0 Å². The Morgan fingerprint density at radius 1 is 1.20 bits per heavy atom. The van der Waals surface area contributed by atoms with E-state index >= 15 is 0 Å². The van der Waals surface area contributed by atoms with Gasteiger partial charge in [0.2, 0.25) is 0 Å². The number of nitrogens with two attached hydrogens (primary N) is 1. The average Bonchev–Trinajstić information content (AvgIpc) is 3.07. The summed E-state index contributed by atoms with van der Waals surface area (Å²) < 4.78 is 4.22. The molecule has 0 aliphatic rings. The predicted octanol–water partition coefficient (Wildman–Crippen LogP) is 2.41. The minimum Gasteiger partial charge on any atom is -0.343 e. The largest absolute Gasteiger partial charge is 0.343 e. The van der Waals surface area contributed by atoms with E-state index in [0.717, 1.165) is 19.5 Å². The molecule has 0 amide bonds. The van der Waals surface area contributed by atoms with Crippen LogP contribution in [0.2, 0.25) is 0 Å². The van der Waals surface area contributed by atoms with Crippen LogP contribution in [0.5, 0.6) is 0 Å². The summed E-state index contributed by atoms with van der Waals surface area (Å²) in [6, 6.07) is 8.75. The number of fused-ring (bicyclic) bond motifs is 1. The highest BCUT2D eigenvalue weighted by atomic mass is 15.3. The Bertz CT molecular complexity index is 708. The summed E-state index contributed by atoms with van der Waals surface area (Å²) in [6.07, 6.45) is 7.12. The number of nitrogens with zero attached hydrogens (tertiary/aromatic N) is 3. The van der Waals surface area contributed by atoms with E-state index in [0.29, 0.717) is 6.54 Å². The van der Waals surface area contributed by atoms with Crippen molar-refractivity contribution < 1.29 is 0 Å². The van der Waals surface area contributed by atoms with E-state index in [9.17, 15) is 0 Å². The normalized spacial score (nSPS) is 11.3. The number of hydrogen-bond donors (Lipinski definition) is 1. The molecule has 0 saturated heterocycles. The molecule has 20 heavy (non-hydrogen) atoms. The molecule has 0 unspecified atom stereocenters. The van der Waals surface area contributed by atoms with Gasteiger partial charge in [-0.1, -0.05) is 6.07 Å². The first-order valence-electron chi connectivity index (χ1n) is 7.09. The molecule has 0 bridgehead atoms. The zero-order chi connectivity index (χ0) is 13.9. The zero-order valence-corrected chi connectivity index (χ0v) is 11.8. The van der Waals surface area contributed by atoms with Crippen molar-refractivity contribution >= 4 is 10.9 Å². The van der Waals surface area contributed by atoms with E-state index in [1.54, 1.807) is 0 Å². The second-order valence-corrected chi connectivity index (χ2v) is 5.08. The molecule has 0 aliphatic heterocycles. The molecular weight excluding hydrogens is 248 g/mol. The molecule has 0 radical (unpaired) electrons. The van der Waals surface area contributed by atoms with Gasteiger partial charge >= 0.3 is 0 Å². The van der Waals surface area contributed by atoms with Crippen LogP contribution in [0, 0.1) is 0 Å². The van der Waals surface area contributed by atoms with Crippen LogP contribution < -0.4 is 5.73 Å². The Labute approximate surface area is 118 Å². The molecule has 2 aromatic heterocycles. The maximum Gasteiger partial charge on any atom is 0.0539 e. The van der Waals surface area contributed by atoms with Gasteiger partial charge in [-0.2, -0.15) is 5.10 Å². The number of aryl methyl sites for hydroxylation is 1. The summed E-state index contributed by atoms with van der Waals surface area (Å²) in [5.74, 6) is 0. The third-order valence-electron chi connectivity index (χ3n) is 3.63. The number of aromatic nitrogens is 3. The average molecular weight is 268 g/mol. The van der Waals surface area contributed by atoms with Crippen LogP contribution in [-0.4, -0.2) is 20.9 Å². The fraction of sp³-hybridized carbons (Fsp3) is 0.312. The van der Waals surface area contributed by atoms with Crippen molar-refractivity contribution in [3.8, 4) is 0 Å². The smallest absolute Gasteiger partial charge is 0.0539 e. The lowest BCUT2D eigenvalue weighted by Crippen LogP contribution is -2.02. The van der Waals surface area contributed by atoms with Gasteiger partial charge in [0.25, 0.3) is 0 Å². The van der Waals surface area contributed by atoms with Crippen molar-refractivity contribution in [1.29, 1.82) is 0 Å². The van der Waals surface area contributed by atoms with Crippen LogP contribution in [0.1, 0.15) is 18.1 Å². The van der Waals surface area contributed by atoms with Crippen LogP contribution in [-0.2, 0) is 19.5 Å². The fourth-order valence-electron chi connectivity index (χ4n) is 2.57. The highest BCUT2D eigenvalue weighted by molar-refractivity contribution is 5.81. The second kappa shape index (κ2) is 5.51. The van der Waals surface area contributed by atoms with Crippen molar-refractivity contribution in [3.05, 3.63) is 54.0 Å². The zero-order valence-electron chi connectivity index (χ0n) is 11.8. The van der Waals surface area contributed by atoms with Crippen LogP contribution in [0.4, 0.5) is 0 Å². The van der Waals surface area contributed by atoms with Crippen LogP contribution in [0.15, 0.2) is 42.9 Å². The van der Waals surface area contributed by atoms with Crippen molar-refractivity contribution in [2.45, 2.75) is 26.4 Å². The lowest BCUT2D eigenvalue weighted by molar-refractivity contribution is 0.658. The van der Waals surface area contributed by atoms with Gasteiger partial charge in [-0.3, -0.25) is 4.68 Å². The summed E-state index contributed by atoms with van der Waals surface area (Å²) in [6.45, 7) is 4.57. The highest BCUT2D eigenvalue weighted by Crippen LogP contribution is 2.19. The van der Waals surface area contributed by atoms with Crippen molar-refractivity contribution in [1.82, 2.24) is 14.3 Å². The molecule has 104 valence electrons. The van der Waals surface area contributed by atoms with E-state index in [1.165, 1.54) is 22.0 Å². The minimum absolute atomic E-state index is 0.697. The maximum absolute atomic E-state index is 5.61. The fourth-order valence-corrected chi connectivity index (χ4v) is 2.57. The van der Waals surface area contributed by atoms with Crippen LogP contribution in [0.3, 0.4) is 0 Å². The molecule has 4 heteroatoms. The first kappa shape index (κ1) is 12.9. The standard InChI is InChI=1S/C16H20N4/c1-2-20-12-14(10-18-20)11-19-8-6-15-9-13(5-7-17)3-4-16(15)19/h3-4,6,8-10,12H,2,5,7,11,17H2,1H3. The molecule has 2 heterocycles. The summed E-state index contributed by atoms with van der Waals surface area (Å²) in [5.41, 5.74) is 9.41. The second-order valence-electron chi connectivity index (χ2n) is 5.08. The molecule has 0 saturated carbocycles. The first-order chi connectivity index (χ1) is 9.80. The SMILES string of the molecule is CCn1cc(Cn2ccc3cc(CCN)ccc32)cn1. The maximum atomic E-state index is 5.61. The number of hydrogen-bond acceptors (Lipinski definition) is 2. The topological polar surface area (TPSA) is 48.8 Å². The van der Waals surface area contributed by atoms with Gasteiger partial charge in [-0.25, -0.2) is 0 Å². The molecule has 4 nitrogen and oxygen atoms in total. The Kier molecular flexibility index (Phi) is 3.56. The Morgan fingerprint density at radius 3 is 2.85 bits per heavy atom. The lowest BCUT2D eigenvalue weighted by Gasteiger charge is -2.04. The monoisotopic (exact) mass is 268 g/mol. The van der Waals surface area contributed by atoms with Gasteiger partial charge in [-0.05, 0) is 49.0 Å². The number of benzene rings is 1. The van der Waals surface area contributed by atoms with Crippen LogP contribution >= 0.6 is 0 Å². The van der Waals surface area contributed by atoms with Gasteiger partial charge in [0.15, 0.2) is 0 Å². The van der Waals surface area contributed by atoms with Gasteiger partial charge in [0.1, 0.15) is 0 Å². The highest BCUT2D eigenvalue weighted by Gasteiger charge is 2.04. The van der Waals surface area contributed by atoms with Gasteiger partial charge in [-0.15, -0.1) is 0 Å². The summed E-state index contributed by atoms with van der Waals surface area (Å²) in [5, 5.41) is 5.60. The third kappa shape index (κ3) is 2.47. The van der Waals surface area contributed by atoms with Gasteiger partial charge < -0.3 is 10.3 Å². The molecule has 1 aromatic carbocycles. The predicted molar refractivity (Wildman–Crippen MR) is 81.7 cm³/mol. The summed E-state index contributed by atoms with van der Waals surface area (Å²) in [7, 11) is 0. The Balaban J connectivity index is 1.88. The van der Waals surface area contributed by atoms with Crippen LogP contribution in [0.25, 0.3) is 10.9 Å². The summed E-state index contributed by atoms with van der Waals surface area (Å²) >= 11 is 0. The van der Waals surface area contributed by atoms with Gasteiger partial charge in [0.05, 0.1) is 12.7 Å². The third-order valence-corrected chi connectivity index (χ3v) is 3.63. The molecule has 0 fully saturated rings. The molecule has 3 aromatic rings. The Morgan fingerprint density at radius 2 is 2.10 bits per heavy atom. The van der Waals surface area contributed by atoms with E-state index in [4.69, 9.17) is 5.73 Å². The lowest BCUT2D eigenvalue weighted by atomic mass is 10.1. The molecule has 0 aliphatic carbocycles. The van der Waals surface area contributed by atoms with E-state index in [-0.39, 0.29) is 0 Å². The van der Waals surface area contributed by atoms with E-state index < -0.39 is 0 Å². The number of rotatable bonds is 5. The van der Waals surface area contributed by atoms with E-state index in [2.05, 4.69) is 53.2 Å². The van der Waals surface area contributed by atoms with Crippen molar-refractivity contribution in [3.63, 3.8) is 0 Å². The van der Waals surface area contributed by atoms with Crippen molar-refractivity contribution in [2.24, 2.45) is 5.73 Å². The quantitative estimate of drug-likeness (QED) is 0.772. The first-order valence-corrected chi connectivity index (χ1v) is 7.09. The van der Waals surface area contributed by atoms with E-state index in [1.807, 2.05) is 10.9 Å². The minimum atomic E-state index is 0.697. The Hall–Kier alpha value is -2.07. The van der Waals surface area contributed by atoms with Crippen molar-refractivity contribution in [2.75, 3.05) is 6.54 Å². The molecular formula is C16H20N4. The molecule has 2 N–H and O–H groups in total. The molecule has 0 atom stereocenters. The molecule has 0 spiro atoms. The summed E-state index contributed by atoms with van der Waals surface area (Å²) in [4.78, 5) is 0.